The first-order valence-electron chi connectivity index (χ1n) is 6.89. The Morgan fingerprint density at radius 2 is 1.74 bits per heavy atom. The smallest absolute Gasteiger partial charge is 0.0767 e. The predicted octanol–water partition coefficient (Wildman–Crippen LogP) is 2.55. The molecule has 0 unspecified atom stereocenters. The van der Waals surface area contributed by atoms with Gasteiger partial charge < -0.3 is 9.80 Å². The van der Waals surface area contributed by atoms with E-state index in [-0.39, 0.29) is 0 Å². The Balaban J connectivity index is 2.30. The molecule has 2 rings (SSSR count). The van der Waals surface area contributed by atoms with Crippen LogP contribution in [-0.2, 0) is 5.41 Å². The highest BCUT2D eigenvalue weighted by molar-refractivity contribution is 5.53. The van der Waals surface area contributed by atoms with Gasteiger partial charge in [-0.2, -0.15) is 5.26 Å². The Bertz CT molecular complexity index is 491. The Kier molecular flexibility index (Phi) is 3.82. The normalized spacial score (nSPS) is 17.3. The molecule has 3 heteroatoms. The van der Waals surface area contributed by atoms with E-state index in [2.05, 4.69) is 48.0 Å². The van der Waals surface area contributed by atoms with Crippen LogP contribution in [-0.4, -0.2) is 38.1 Å². The second-order valence-electron chi connectivity index (χ2n) is 6.08. The number of aryl methyl sites for hydroxylation is 1. The summed E-state index contributed by atoms with van der Waals surface area (Å²) in [5.74, 6) is 0. The zero-order valence-electron chi connectivity index (χ0n) is 12.4. The molecule has 1 aromatic carbocycles. The van der Waals surface area contributed by atoms with Gasteiger partial charge in [0, 0.05) is 31.9 Å². The van der Waals surface area contributed by atoms with Crippen LogP contribution in [0.4, 0.5) is 5.69 Å². The molecular weight excluding hydrogens is 234 g/mol. The molecule has 0 aliphatic carbocycles. The second kappa shape index (κ2) is 5.22. The maximum atomic E-state index is 9.30. The first-order chi connectivity index (χ1) is 8.92. The van der Waals surface area contributed by atoms with Crippen molar-refractivity contribution in [1.82, 2.24) is 4.90 Å². The summed E-state index contributed by atoms with van der Waals surface area (Å²) in [6.07, 6.45) is 0. The molecule has 0 aromatic heterocycles. The van der Waals surface area contributed by atoms with Gasteiger partial charge in [-0.1, -0.05) is 6.07 Å². The number of likely N-dealkylation sites (N-methyl/N-ethyl adjacent to an activating group) is 1. The van der Waals surface area contributed by atoms with E-state index >= 15 is 0 Å². The van der Waals surface area contributed by atoms with E-state index in [0.717, 1.165) is 31.7 Å². The molecule has 1 aliphatic rings. The van der Waals surface area contributed by atoms with Gasteiger partial charge in [-0.15, -0.1) is 0 Å². The quantitative estimate of drug-likeness (QED) is 0.815. The standard InChI is InChI=1S/C16H23N3/c1-13-9-14(16(2,3)12-17)11-15(10-13)19-7-5-18(4)6-8-19/h9-11H,5-8H2,1-4H3. The van der Waals surface area contributed by atoms with Gasteiger partial charge in [0.25, 0.3) is 0 Å². The van der Waals surface area contributed by atoms with Gasteiger partial charge in [-0.25, -0.2) is 0 Å². The van der Waals surface area contributed by atoms with Gasteiger partial charge in [0.15, 0.2) is 0 Å². The van der Waals surface area contributed by atoms with Gasteiger partial charge in [-0.3, -0.25) is 0 Å². The third kappa shape index (κ3) is 3.08. The molecule has 1 heterocycles. The van der Waals surface area contributed by atoms with Gasteiger partial charge in [0.1, 0.15) is 0 Å². The summed E-state index contributed by atoms with van der Waals surface area (Å²) in [6.45, 7) is 10.4. The average Bonchev–Trinajstić information content (AvgIpc) is 2.39. The topological polar surface area (TPSA) is 30.3 Å². The molecule has 3 nitrogen and oxygen atoms in total. The lowest BCUT2D eigenvalue weighted by Crippen LogP contribution is -2.44. The van der Waals surface area contributed by atoms with Gasteiger partial charge >= 0.3 is 0 Å². The van der Waals surface area contributed by atoms with Crippen molar-refractivity contribution in [3.8, 4) is 6.07 Å². The lowest BCUT2D eigenvalue weighted by Gasteiger charge is -2.35. The van der Waals surface area contributed by atoms with Crippen LogP contribution in [0.25, 0.3) is 0 Å². The van der Waals surface area contributed by atoms with Crippen LogP contribution in [0.3, 0.4) is 0 Å². The number of anilines is 1. The fourth-order valence-electron chi connectivity index (χ4n) is 2.44. The van der Waals surface area contributed by atoms with Crippen molar-refractivity contribution in [3.05, 3.63) is 29.3 Å². The monoisotopic (exact) mass is 257 g/mol. The summed E-state index contributed by atoms with van der Waals surface area (Å²) in [4.78, 5) is 4.77. The van der Waals surface area contributed by atoms with E-state index in [0.29, 0.717) is 0 Å². The van der Waals surface area contributed by atoms with Crippen molar-refractivity contribution >= 4 is 5.69 Å². The maximum absolute atomic E-state index is 9.30. The largest absolute Gasteiger partial charge is 0.369 e. The van der Waals surface area contributed by atoms with Crippen molar-refractivity contribution in [1.29, 1.82) is 5.26 Å². The first-order valence-corrected chi connectivity index (χ1v) is 6.89. The molecule has 102 valence electrons. The van der Waals surface area contributed by atoms with Crippen molar-refractivity contribution < 1.29 is 0 Å². The van der Waals surface area contributed by atoms with Crippen LogP contribution in [0.2, 0.25) is 0 Å². The maximum Gasteiger partial charge on any atom is 0.0767 e. The fraction of sp³-hybridized carbons (Fsp3) is 0.562. The predicted molar refractivity (Wildman–Crippen MR) is 79.5 cm³/mol. The van der Waals surface area contributed by atoms with Crippen molar-refractivity contribution in [2.24, 2.45) is 0 Å². The number of hydrogen-bond donors (Lipinski definition) is 0. The number of piperazine rings is 1. The van der Waals surface area contributed by atoms with Crippen LogP contribution >= 0.6 is 0 Å². The zero-order valence-corrected chi connectivity index (χ0v) is 12.4. The third-order valence-electron chi connectivity index (χ3n) is 3.93. The molecule has 0 atom stereocenters. The highest BCUT2D eigenvalue weighted by Crippen LogP contribution is 2.28. The molecule has 1 aromatic rings. The van der Waals surface area contributed by atoms with Crippen LogP contribution in [0.5, 0.6) is 0 Å². The van der Waals surface area contributed by atoms with Crippen molar-refractivity contribution in [3.63, 3.8) is 0 Å². The molecule has 1 saturated heterocycles. The summed E-state index contributed by atoms with van der Waals surface area (Å²) in [5.41, 5.74) is 3.18. The highest BCUT2D eigenvalue weighted by Gasteiger charge is 2.22. The summed E-state index contributed by atoms with van der Waals surface area (Å²) >= 11 is 0. The third-order valence-corrected chi connectivity index (χ3v) is 3.93. The van der Waals surface area contributed by atoms with E-state index in [9.17, 15) is 5.26 Å². The lowest BCUT2D eigenvalue weighted by atomic mass is 9.85. The number of nitriles is 1. The fourth-order valence-corrected chi connectivity index (χ4v) is 2.44. The number of nitrogens with zero attached hydrogens (tertiary/aromatic N) is 3. The van der Waals surface area contributed by atoms with Crippen molar-refractivity contribution in [2.45, 2.75) is 26.2 Å². The minimum absolute atomic E-state index is 0.423. The second-order valence-corrected chi connectivity index (χ2v) is 6.08. The minimum atomic E-state index is -0.423. The average molecular weight is 257 g/mol. The molecule has 0 amide bonds. The number of benzene rings is 1. The Hall–Kier alpha value is -1.53. The van der Waals surface area contributed by atoms with Crippen LogP contribution in [0.15, 0.2) is 18.2 Å². The lowest BCUT2D eigenvalue weighted by molar-refractivity contribution is 0.313. The van der Waals surface area contributed by atoms with E-state index in [1.54, 1.807) is 0 Å². The Labute approximate surface area is 116 Å². The van der Waals surface area contributed by atoms with Crippen LogP contribution in [0.1, 0.15) is 25.0 Å². The molecule has 0 saturated carbocycles. The van der Waals surface area contributed by atoms with Crippen LogP contribution < -0.4 is 4.90 Å². The molecule has 0 radical (unpaired) electrons. The van der Waals surface area contributed by atoms with E-state index in [4.69, 9.17) is 0 Å². The molecule has 19 heavy (non-hydrogen) atoms. The summed E-state index contributed by atoms with van der Waals surface area (Å²) in [7, 11) is 2.16. The SMILES string of the molecule is Cc1cc(N2CCN(C)CC2)cc(C(C)(C)C#N)c1. The Morgan fingerprint density at radius 1 is 1.11 bits per heavy atom. The van der Waals surface area contributed by atoms with E-state index in [1.165, 1.54) is 11.3 Å². The van der Waals surface area contributed by atoms with Crippen molar-refractivity contribution in [2.75, 3.05) is 38.1 Å². The van der Waals surface area contributed by atoms with Gasteiger partial charge in [0.05, 0.1) is 11.5 Å². The summed E-state index contributed by atoms with van der Waals surface area (Å²) in [5, 5.41) is 9.30. The zero-order chi connectivity index (χ0) is 14.0. The summed E-state index contributed by atoms with van der Waals surface area (Å²) < 4.78 is 0. The number of rotatable bonds is 2. The molecule has 0 spiro atoms. The molecular formula is C16H23N3. The summed E-state index contributed by atoms with van der Waals surface area (Å²) in [6, 6.07) is 8.93. The number of hydrogen-bond acceptors (Lipinski definition) is 3. The minimum Gasteiger partial charge on any atom is -0.369 e. The Morgan fingerprint density at radius 3 is 2.32 bits per heavy atom. The molecule has 0 bridgehead atoms. The molecule has 0 N–H and O–H groups in total. The molecule has 1 fully saturated rings. The van der Waals surface area contributed by atoms with Crippen LogP contribution in [0, 0.1) is 18.3 Å². The highest BCUT2D eigenvalue weighted by atomic mass is 15.2. The van der Waals surface area contributed by atoms with Gasteiger partial charge in [0.2, 0.25) is 0 Å². The van der Waals surface area contributed by atoms with E-state index < -0.39 is 5.41 Å². The molecule has 1 aliphatic heterocycles. The van der Waals surface area contributed by atoms with E-state index in [1.807, 2.05) is 13.8 Å². The van der Waals surface area contributed by atoms with Gasteiger partial charge in [-0.05, 0) is 51.1 Å². The first kappa shape index (κ1) is 13.9.